The Morgan fingerprint density at radius 1 is 1.04 bits per heavy atom. The first-order valence-electron chi connectivity index (χ1n) is 9.27. The summed E-state index contributed by atoms with van der Waals surface area (Å²) in [6.07, 6.45) is -1.64. The Labute approximate surface area is 161 Å². The topological polar surface area (TPSA) is 38.8 Å². The van der Waals surface area contributed by atoms with Crippen LogP contribution >= 0.6 is 0 Å². The summed E-state index contributed by atoms with van der Waals surface area (Å²) in [7, 11) is 0. The molecule has 0 aromatic heterocycles. The summed E-state index contributed by atoms with van der Waals surface area (Å²) < 4.78 is 47.8. The maximum Gasteiger partial charge on any atom is 0.573 e. The second-order valence-electron chi connectivity index (χ2n) is 6.64. The van der Waals surface area contributed by atoms with E-state index in [1.54, 1.807) is 4.90 Å². The van der Waals surface area contributed by atoms with Gasteiger partial charge in [-0.3, -0.25) is 4.79 Å². The summed E-state index contributed by atoms with van der Waals surface area (Å²) >= 11 is 0. The van der Waals surface area contributed by atoms with Crippen LogP contribution in [0.3, 0.4) is 0 Å². The van der Waals surface area contributed by atoms with Crippen LogP contribution in [0, 0.1) is 0 Å². The number of hydrogen-bond acceptors (Lipinski definition) is 3. The standard InChI is InChI=1S/C21H22F3NO3/c22-21(23,24)28-19-12-5-4-11-18(19)20(26)25-14-7-6-8-16(25)13-15-27-17-9-2-1-3-10-17/h1-5,9-12,16H,6-8,13-15H2. The lowest BCUT2D eigenvalue weighted by molar-refractivity contribution is -0.274. The molecule has 2 aromatic carbocycles. The number of rotatable bonds is 6. The highest BCUT2D eigenvalue weighted by Crippen LogP contribution is 2.29. The molecule has 0 radical (unpaired) electrons. The Morgan fingerprint density at radius 2 is 1.75 bits per heavy atom. The normalized spacial score (nSPS) is 17.2. The molecule has 0 spiro atoms. The minimum Gasteiger partial charge on any atom is -0.494 e. The molecule has 0 N–H and O–H groups in total. The highest BCUT2D eigenvalue weighted by Gasteiger charge is 2.34. The van der Waals surface area contributed by atoms with Crippen molar-refractivity contribution in [3.8, 4) is 11.5 Å². The SMILES string of the molecule is O=C(c1ccccc1OC(F)(F)F)N1CCCCC1CCOc1ccccc1. The second-order valence-corrected chi connectivity index (χ2v) is 6.64. The van der Waals surface area contributed by atoms with Gasteiger partial charge in [0.05, 0.1) is 12.2 Å². The van der Waals surface area contributed by atoms with Crippen LogP contribution in [0.5, 0.6) is 11.5 Å². The van der Waals surface area contributed by atoms with E-state index in [-0.39, 0.29) is 11.6 Å². The lowest BCUT2D eigenvalue weighted by atomic mass is 9.98. The van der Waals surface area contributed by atoms with Gasteiger partial charge in [-0.25, -0.2) is 0 Å². The van der Waals surface area contributed by atoms with Gasteiger partial charge in [0.15, 0.2) is 0 Å². The average molecular weight is 393 g/mol. The molecular weight excluding hydrogens is 371 g/mol. The van der Waals surface area contributed by atoms with Crippen LogP contribution in [0.2, 0.25) is 0 Å². The van der Waals surface area contributed by atoms with Gasteiger partial charge in [0.1, 0.15) is 11.5 Å². The van der Waals surface area contributed by atoms with Crippen molar-refractivity contribution < 1.29 is 27.4 Å². The van der Waals surface area contributed by atoms with E-state index >= 15 is 0 Å². The van der Waals surface area contributed by atoms with Crippen LogP contribution in [0.25, 0.3) is 0 Å². The molecule has 1 heterocycles. The van der Waals surface area contributed by atoms with Crippen molar-refractivity contribution in [2.45, 2.75) is 38.1 Å². The number of benzene rings is 2. The quantitative estimate of drug-likeness (QED) is 0.690. The molecular formula is C21H22F3NO3. The van der Waals surface area contributed by atoms with Gasteiger partial charge in [-0.2, -0.15) is 0 Å². The van der Waals surface area contributed by atoms with Gasteiger partial charge in [-0.15, -0.1) is 13.2 Å². The van der Waals surface area contributed by atoms with Crippen LogP contribution in [-0.2, 0) is 0 Å². The van der Waals surface area contributed by atoms with Crippen LogP contribution < -0.4 is 9.47 Å². The zero-order valence-corrected chi connectivity index (χ0v) is 15.3. The minimum atomic E-state index is -4.85. The summed E-state index contributed by atoms with van der Waals surface area (Å²) in [6, 6.07) is 14.8. The van der Waals surface area contributed by atoms with Gasteiger partial charge >= 0.3 is 6.36 Å². The molecule has 4 nitrogen and oxygen atoms in total. The van der Waals surface area contributed by atoms with E-state index in [4.69, 9.17) is 4.74 Å². The predicted octanol–water partition coefficient (Wildman–Crippen LogP) is 5.05. The Morgan fingerprint density at radius 3 is 2.50 bits per heavy atom. The van der Waals surface area contributed by atoms with Crippen molar-refractivity contribution in [3.63, 3.8) is 0 Å². The molecule has 1 aliphatic heterocycles. The molecule has 0 aliphatic carbocycles. The number of piperidine rings is 1. The number of likely N-dealkylation sites (tertiary alicyclic amines) is 1. The Hall–Kier alpha value is -2.70. The number of hydrogen-bond donors (Lipinski definition) is 0. The van der Waals surface area contributed by atoms with Gasteiger partial charge in [0.2, 0.25) is 0 Å². The first-order chi connectivity index (χ1) is 13.4. The van der Waals surface area contributed by atoms with Gasteiger partial charge in [-0.05, 0) is 43.5 Å². The zero-order chi connectivity index (χ0) is 20.0. The van der Waals surface area contributed by atoms with Crippen molar-refractivity contribution in [1.29, 1.82) is 0 Å². The van der Waals surface area contributed by atoms with Crippen molar-refractivity contribution in [2.24, 2.45) is 0 Å². The van der Waals surface area contributed by atoms with Crippen molar-refractivity contribution in [1.82, 2.24) is 4.90 Å². The summed E-state index contributed by atoms with van der Waals surface area (Å²) in [4.78, 5) is 14.6. The van der Waals surface area contributed by atoms with Gasteiger partial charge < -0.3 is 14.4 Å². The van der Waals surface area contributed by atoms with Gasteiger partial charge in [0.25, 0.3) is 5.91 Å². The predicted molar refractivity (Wildman–Crippen MR) is 98.4 cm³/mol. The fraction of sp³-hybridized carbons (Fsp3) is 0.381. The van der Waals surface area contributed by atoms with E-state index in [2.05, 4.69) is 4.74 Å². The molecule has 28 heavy (non-hydrogen) atoms. The fourth-order valence-corrected chi connectivity index (χ4v) is 3.41. The largest absolute Gasteiger partial charge is 0.573 e. The van der Waals surface area contributed by atoms with Crippen LogP contribution in [-0.4, -0.2) is 36.4 Å². The number of carbonyl (C=O) groups is 1. The molecule has 1 unspecified atom stereocenters. The first kappa shape index (κ1) is 20.0. The molecule has 2 aromatic rings. The fourth-order valence-electron chi connectivity index (χ4n) is 3.41. The number of nitrogens with zero attached hydrogens (tertiary/aromatic N) is 1. The number of carbonyl (C=O) groups excluding carboxylic acids is 1. The highest BCUT2D eigenvalue weighted by atomic mass is 19.4. The number of halogens is 3. The summed E-state index contributed by atoms with van der Waals surface area (Å²) in [6.45, 7) is 0.939. The second kappa shape index (κ2) is 8.99. The molecule has 1 amide bonds. The van der Waals surface area contributed by atoms with E-state index in [1.807, 2.05) is 30.3 Å². The maximum absolute atomic E-state index is 13.0. The van der Waals surface area contributed by atoms with Crippen LogP contribution in [0.4, 0.5) is 13.2 Å². The van der Waals surface area contributed by atoms with E-state index < -0.39 is 18.0 Å². The summed E-state index contributed by atoms with van der Waals surface area (Å²) in [5.41, 5.74) is -0.0734. The first-order valence-corrected chi connectivity index (χ1v) is 9.27. The zero-order valence-electron chi connectivity index (χ0n) is 15.3. The molecule has 150 valence electrons. The third-order valence-electron chi connectivity index (χ3n) is 4.69. The third-order valence-corrected chi connectivity index (χ3v) is 4.69. The average Bonchev–Trinajstić information content (AvgIpc) is 2.68. The van der Waals surface area contributed by atoms with E-state index in [0.29, 0.717) is 19.6 Å². The molecule has 3 rings (SSSR count). The lowest BCUT2D eigenvalue weighted by Crippen LogP contribution is -2.44. The summed E-state index contributed by atoms with van der Waals surface area (Å²) in [5, 5.41) is 0. The molecule has 1 fully saturated rings. The smallest absolute Gasteiger partial charge is 0.494 e. The van der Waals surface area contributed by atoms with Gasteiger partial charge in [0, 0.05) is 19.0 Å². The van der Waals surface area contributed by atoms with E-state index in [9.17, 15) is 18.0 Å². The monoisotopic (exact) mass is 393 g/mol. The van der Waals surface area contributed by atoms with E-state index in [0.717, 1.165) is 31.1 Å². The maximum atomic E-state index is 13.0. The van der Waals surface area contributed by atoms with Crippen LogP contribution in [0.1, 0.15) is 36.0 Å². The minimum absolute atomic E-state index is 0.0734. The van der Waals surface area contributed by atoms with Crippen LogP contribution in [0.15, 0.2) is 54.6 Å². The highest BCUT2D eigenvalue weighted by molar-refractivity contribution is 5.97. The molecule has 1 atom stereocenters. The molecule has 7 heteroatoms. The molecule has 0 saturated carbocycles. The Balaban J connectivity index is 1.69. The van der Waals surface area contributed by atoms with Crippen molar-refractivity contribution in [3.05, 3.63) is 60.2 Å². The van der Waals surface area contributed by atoms with Crippen molar-refractivity contribution >= 4 is 5.91 Å². The Bertz CT molecular complexity index is 780. The number of ether oxygens (including phenoxy) is 2. The third kappa shape index (κ3) is 5.41. The number of alkyl halides is 3. The molecule has 1 aliphatic rings. The number of para-hydroxylation sites is 2. The van der Waals surface area contributed by atoms with Crippen molar-refractivity contribution in [2.75, 3.05) is 13.2 Å². The Kier molecular flexibility index (Phi) is 6.44. The lowest BCUT2D eigenvalue weighted by Gasteiger charge is -2.36. The summed E-state index contributed by atoms with van der Waals surface area (Å²) in [5.74, 6) is -0.158. The molecule has 1 saturated heterocycles. The molecule has 0 bridgehead atoms. The van der Waals surface area contributed by atoms with E-state index in [1.165, 1.54) is 18.2 Å². The van der Waals surface area contributed by atoms with Gasteiger partial charge in [-0.1, -0.05) is 30.3 Å². The number of amides is 1.